The number of aliphatic imine (C=N–C) groups is 1. The van der Waals surface area contributed by atoms with E-state index in [1.807, 2.05) is 43.3 Å². The predicted molar refractivity (Wildman–Crippen MR) is 154 cm³/mol. The minimum atomic E-state index is -0.808. The molecule has 2 amide bonds. The normalized spacial score (nSPS) is 23.1. The average Bonchev–Trinajstić information content (AvgIpc) is 3.68. The van der Waals surface area contributed by atoms with Gasteiger partial charge in [-0.25, -0.2) is 0 Å². The fourth-order valence-corrected chi connectivity index (χ4v) is 6.11. The maximum Gasteiger partial charge on any atom is 0.261 e. The van der Waals surface area contributed by atoms with Crippen molar-refractivity contribution in [3.8, 4) is 0 Å². The summed E-state index contributed by atoms with van der Waals surface area (Å²) in [4.78, 5) is 47.9. The molecule has 1 aliphatic carbocycles. The number of aliphatic hydroxyl groups is 1. The topological polar surface area (TPSA) is 102 Å². The maximum absolute atomic E-state index is 13.2. The van der Waals surface area contributed by atoms with Gasteiger partial charge < -0.3 is 15.3 Å². The highest BCUT2D eigenvalue weighted by molar-refractivity contribution is 6.29. The number of anilines is 1. The zero-order chi connectivity index (χ0) is 27.8. The first kappa shape index (κ1) is 26.3. The Hall–Kier alpha value is -3.88. The van der Waals surface area contributed by atoms with E-state index in [0.717, 1.165) is 42.9 Å². The number of rotatable bonds is 7. The standard InChI is InChI=1S/C32H34N4O4/c1-20(30(38)21-9-3-2-4-10-21)33-25-11-7-12-28(37)29(25)27-18-22-17-23-24(19-26(22)34-27)32(40)36(31(23)39)16-8-15-35-13-5-6-14-35/h2-4,7,9-11,17,19-20,30,34,38H,5-6,8,12-16,18H2,1H3/t20-,30-/m0/s1. The van der Waals surface area contributed by atoms with E-state index in [1.165, 1.54) is 17.7 Å². The van der Waals surface area contributed by atoms with Crippen molar-refractivity contribution in [3.05, 3.63) is 88.1 Å². The third kappa shape index (κ3) is 4.93. The molecule has 0 aromatic heterocycles. The molecule has 8 nitrogen and oxygen atoms in total. The first-order chi connectivity index (χ1) is 19.4. The van der Waals surface area contributed by atoms with Gasteiger partial charge >= 0.3 is 0 Å². The molecule has 1 fully saturated rings. The van der Waals surface area contributed by atoms with Crippen LogP contribution in [0.5, 0.6) is 0 Å². The fourth-order valence-electron chi connectivity index (χ4n) is 6.11. The zero-order valence-corrected chi connectivity index (χ0v) is 22.7. The molecule has 4 aliphatic rings. The molecular formula is C32H34N4O4. The Balaban J connectivity index is 1.22. The molecule has 0 radical (unpaired) electrons. The summed E-state index contributed by atoms with van der Waals surface area (Å²) in [5.74, 6) is -0.551. The van der Waals surface area contributed by atoms with Crippen molar-refractivity contribution in [1.82, 2.24) is 9.80 Å². The molecule has 0 unspecified atom stereocenters. The number of fused-ring (bicyclic) bond motifs is 2. The van der Waals surface area contributed by atoms with E-state index in [-0.39, 0.29) is 24.0 Å². The third-order valence-corrected chi connectivity index (χ3v) is 8.26. The summed E-state index contributed by atoms with van der Waals surface area (Å²) in [6.07, 6.45) is 6.72. The van der Waals surface area contributed by atoms with Crippen molar-refractivity contribution in [2.45, 2.75) is 51.2 Å². The number of allylic oxidation sites excluding steroid dienone is 4. The number of ketones is 1. The number of benzene rings is 2. The van der Waals surface area contributed by atoms with Gasteiger partial charge in [-0.1, -0.05) is 36.4 Å². The minimum Gasteiger partial charge on any atom is -0.386 e. The molecule has 2 aromatic carbocycles. The highest BCUT2D eigenvalue weighted by Gasteiger charge is 2.38. The summed E-state index contributed by atoms with van der Waals surface area (Å²) in [5.41, 5.74) is 4.94. The summed E-state index contributed by atoms with van der Waals surface area (Å²) in [6.45, 7) is 5.33. The second kappa shape index (κ2) is 10.9. The lowest BCUT2D eigenvalue weighted by molar-refractivity contribution is -0.114. The summed E-state index contributed by atoms with van der Waals surface area (Å²) < 4.78 is 0. The maximum atomic E-state index is 13.2. The predicted octanol–water partition coefficient (Wildman–Crippen LogP) is 4.08. The monoisotopic (exact) mass is 538 g/mol. The van der Waals surface area contributed by atoms with E-state index < -0.39 is 12.1 Å². The molecular weight excluding hydrogens is 504 g/mol. The number of aliphatic hydroxyl groups excluding tert-OH is 1. The molecule has 2 aromatic rings. The number of hydrogen-bond donors (Lipinski definition) is 2. The molecule has 3 heterocycles. The van der Waals surface area contributed by atoms with Gasteiger partial charge in [-0.05, 0) is 75.2 Å². The van der Waals surface area contributed by atoms with Crippen LogP contribution < -0.4 is 5.32 Å². The molecule has 40 heavy (non-hydrogen) atoms. The quantitative estimate of drug-likeness (QED) is 0.407. The van der Waals surface area contributed by atoms with Gasteiger partial charge in [0.1, 0.15) is 6.10 Å². The molecule has 1 saturated heterocycles. The molecule has 0 bridgehead atoms. The Morgan fingerprint density at radius 1 is 1.00 bits per heavy atom. The molecule has 6 rings (SSSR count). The summed E-state index contributed by atoms with van der Waals surface area (Å²) in [6, 6.07) is 12.4. The van der Waals surface area contributed by atoms with Crippen LogP contribution in [0, 0.1) is 0 Å². The number of amides is 2. The zero-order valence-electron chi connectivity index (χ0n) is 22.7. The van der Waals surface area contributed by atoms with Crippen LogP contribution in [0.15, 0.2) is 70.9 Å². The van der Waals surface area contributed by atoms with Gasteiger partial charge in [0, 0.05) is 30.8 Å². The van der Waals surface area contributed by atoms with Crippen molar-refractivity contribution in [1.29, 1.82) is 0 Å². The van der Waals surface area contributed by atoms with Gasteiger partial charge in [-0.3, -0.25) is 24.3 Å². The van der Waals surface area contributed by atoms with Crippen LogP contribution in [0.25, 0.3) is 0 Å². The van der Waals surface area contributed by atoms with Crippen LogP contribution in [0.2, 0.25) is 0 Å². The van der Waals surface area contributed by atoms with E-state index in [1.54, 1.807) is 18.2 Å². The Labute approximate surface area is 234 Å². The largest absolute Gasteiger partial charge is 0.386 e. The second-order valence-corrected chi connectivity index (χ2v) is 11.0. The van der Waals surface area contributed by atoms with Crippen molar-refractivity contribution < 1.29 is 19.5 Å². The number of hydrogen-bond acceptors (Lipinski definition) is 7. The molecule has 3 aliphatic heterocycles. The SMILES string of the molecule is C[C@H](N=C1C=CCC(=O)C1=C1Cc2cc3c(cc2N1)C(=O)N(CCCN1CCCC1)C3=O)[C@H](O)c1ccccc1. The van der Waals surface area contributed by atoms with E-state index in [4.69, 9.17) is 4.99 Å². The molecule has 206 valence electrons. The molecule has 0 saturated carbocycles. The molecule has 2 N–H and O–H groups in total. The van der Waals surface area contributed by atoms with E-state index >= 15 is 0 Å². The van der Waals surface area contributed by atoms with Crippen molar-refractivity contribution in [3.63, 3.8) is 0 Å². The Morgan fingerprint density at radius 3 is 2.48 bits per heavy atom. The first-order valence-corrected chi connectivity index (χ1v) is 14.2. The number of carbonyl (C=O) groups is 3. The number of imide groups is 1. The van der Waals surface area contributed by atoms with Gasteiger partial charge in [-0.2, -0.15) is 0 Å². The molecule has 2 atom stereocenters. The highest BCUT2D eigenvalue weighted by atomic mass is 16.3. The van der Waals surface area contributed by atoms with Gasteiger partial charge in [0.15, 0.2) is 5.78 Å². The Kier molecular flexibility index (Phi) is 7.21. The fraction of sp³-hybridized carbons (Fsp3) is 0.375. The van der Waals surface area contributed by atoms with E-state index in [2.05, 4.69) is 10.2 Å². The number of carbonyl (C=O) groups excluding carboxylic acids is 3. The van der Waals surface area contributed by atoms with E-state index in [9.17, 15) is 19.5 Å². The van der Waals surface area contributed by atoms with Crippen LogP contribution in [-0.2, 0) is 11.2 Å². The summed E-state index contributed by atoms with van der Waals surface area (Å²) >= 11 is 0. The Bertz CT molecular complexity index is 1410. The van der Waals surface area contributed by atoms with Crippen LogP contribution >= 0.6 is 0 Å². The van der Waals surface area contributed by atoms with Crippen molar-refractivity contribution >= 4 is 29.0 Å². The molecule has 8 heteroatoms. The van der Waals surface area contributed by atoms with Crippen molar-refractivity contribution in [2.24, 2.45) is 4.99 Å². The number of nitrogens with one attached hydrogen (secondary N) is 1. The van der Waals surface area contributed by atoms with Gasteiger partial charge in [0.2, 0.25) is 0 Å². The highest BCUT2D eigenvalue weighted by Crippen LogP contribution is 2.37. The number of likely N-dealkylation sites (tertiary alicyclic amines) is 1. The first-order valence-electron chi connectivity index (χ1n) is 14.2. The van der Waals surface area contributed by atoms with Crippen LogP contribution in [-0.4, -0.2) is 70.4 Å². The van der Waals surface area contributed by atoms with Crippen LogP contribution in [0.3, 0.4) is 0 Å². The van der Waals surface area contributed by atoms with Gasteiger partial charge in [0.25, 0.3) is 11.8 Å². The lowest BCUT2D eigenvalue weighted by Gasteiger charge is -2.20. The lowest BCUT2D eigenvalue weighted by atomic mass is 9.93. The average molecular weight is 539 g/mol. The third-order valence-electron chi connectivity index (χ3n) is 8.26. The van der Waals surface area contributed by atoms with Crippen molar-refractivity contribution in [2.75, 3.05) is 31.5 Å². The van der Waals surface area contributed by atoms with Crippen LogP contribution in [0.1, 0.15) is 70.6 Å². The van der Waals surface area contributed by atoms with Crippen LogP contribution in [0.4, 0.5) is 5.69 Å². The molecule has 0 spiro atoms. The minimum absolute atomic E-state index is 0.0539. The van der Waals surface area contributed by atoms with Gasteiger partial charge in [-0.15, -0.1) is 0 Å². The number of nitrogens with zero attached hydrogens (tertiary/aromatic N) is 3. The smallest absolute Gasteiger partial charge is 0.261 e. The summed E-state index contributed by atoms with van der Waals surface area (Å²) in [7, 11) is 0. The Morgan fingerprint density at radius 2 is 1.73 bits per heavy atom. The van der Waals surface area contributed by atoms with E-state index in [0.29, 0.717) is 41.1 Å². The van der Waals surface area contributed by atoms with Gasteiger partial charge in [0.05, 0.1) is 28.5 Å². The second-order valence-electron chi connectivity index (χ2n) is 11.0. The summed E-state index contributed by atoms with van der Waals surface area (Å²) in [5, 5.41) is 14.2. The number of Topliss-reactive ketones (excluding diaryl/α,β-unsaturated/α-hetero) is 1. The lowest BCUT2D eigenvalue weighted by Crippen LogP contribution is -2.33.